The van der Waals surface area contributed by atoms with Crippen molar-refractivity contribution in [1.82, 2.24) is 10.2 Å². The number of nitrogens with zero attached hydrogens (tertiary/aromatic N) is 2. The minimum Gasteiger partial charge on any atom is -0.399 e. The molecule has 200 valence electrons. The maximum Gasteiger partial charge on any atom is 0.573 e. The molecule has 0 radical (unpaired) electrons. The predicted molar refractivity (Wildman–Crippen MR) is 126 cm³/mol. The number of amides is 1. The van der Waals surface area contributed by atoms with E-state index >= 15 is 0 Å². The van der Waals surface area contributed by atoms with Crippen LogP contribution in [-0.4, -0.2) is 56.6 Å². The molecule has 0 bridgehead atoms. The Morgan fingerprint density at radius 2 is 1.97 bits per heavy atom. The third-order valence-corrected chi connectivity index (χ3v) is 6.34. The van der Waals surface area contributed by atoms with Crippen molar-refractivity contribution in [2.45, 2.75) is 90.7 Å². The van der Waals surface area contributed by atoms with E-state index in [0.29, 0.717) is 37.2 Å². The fraction of sp³-hybridized carbons (Fsp3) is 0.760. The number of halogens is 3. The zero-order valence-corrected chi connectivity index (χ0v) is 21.6. The number of ether oxygens (including phenoxy) is 2. The lowest BCUT2D eigenvalue weighted by molar-refractivity contribution is -0.891. The Labute approximate surface area is 206 Å². The van der Waals surface area contributed by atoms with Crippen LogP contribution in [0.3, 0.4) is 0 Å². The van der Waals surface area contributed by atoms with Gasteiger partial charge in [-0.15, -0.1) is 13.2 Å². The van der Waals surface area contributed by atoms with E-state index in [4.69, 9.17) is 9.57 Å². The van der Waals surface area contributed by atoms with Gasteiger partial charge in [0.15, 0.2) is 5.75 Å². The van der Waals surface area contributed by atoms with Crippen molar-refractivity contribution in [1.29, 1.82) is 0 Å². The van der Waals surface area contributed by atoms with Gasteiger partial charge in [-0.3, -0.25) is 9.63 Å². The van der Waals surface area contributed by atoms with Crippen LogP contribution in [-0.2, 0) is 22.5 Å². The molecule has 3 rings (SSSR count). The molecule has 1 aromatic rings. The van der Waals surface area contributed by atoms with Crippen LogP contribution in [0, 0.1) is 5.92 Å². The van der Waals surface area contributed by atoms with Crippen molar-refractivity contribution in [3.8, 4) is 5.75 Å². The molecule has 10 heteroatoms. The second-order valence-electron chi connectivity index (χ2n) is 9.18. The molecule has 7 nitrogen and oxygen atoms in total. The summed E-state index contributed by atoms with van der Waals surface area (Å²) in [7, 11) is 3.08. The van der Waals surface area contributed by atoms with Gasteiger partial charge in [0.2, 0.25) is 11.6 Å². The second kappa shape index (κ2) is 13.9. The van der Waals surface area contributed by atoms with Crippen LogP contribution in [0.1, 0.15) is 70.6 Å². The van der Waals surface area contributed by atoms with E-state index in [1.165, 1.54) is 30.5 Å². The van der Waals surface area contributed by atoms with Crippen molar-refractivity contribution in [2.24, 2.45) is 5.92 Å². The van der Waals surface area contributed by atoms with Crippen LogP contribution in [0.4, 0.5) is 13.2 Å². The van der Waals surface area contributed by atoms with E-state index in [-0.39, 0.29) is 24.1 Å². The normalized spacial score (nSPS) is 20.5. The molecule has 3 unspecified atom stereocenters. The Hall–Kier alpha value is -2.07. The van der Waals surface area contributed by atoms with Crippen molar-refractivity contribution in [3.63, 3.8) is 0 Å². The number of alkyl halides is 3. The first-order valence-corrected chi connectivity index (χ1v) is 12.6. The van der Waals surface area contributed by atoms with Gasteiger partial charge in [0.25, 0.3) is 6.20 Å². The lowest BCUT2D eigenvalue weighted by atomic mass is 10.0. The minimum absolute atomic E-state index is 0.0657. The molecular formula is C25H41F3N3O4+. The van der Waals surface area contributed by atoms with Gasteiger partial charge in [0, 0.05) is 48.6 Å². The summed E-state index contributed by atoms with van der Waals surface area (Å²) in [6.45, 7) is 7.84. The Morgan fingerprint density at radius 3 is 2.57 bits per heavy atom. The number of aromatic nitrogens is 1. The maximum atomic E-state index is 13.2. The highest BCUT2D eigenvalue weighted by molar-refractivity contribution is 5.79. The van der Waals surface area contributed by atoms with Gasteiger partial charge in [-0.25, -0.2) is 0 Å². The molecule has 1 aliphatic carbocycles. The molecule has 3 atom stereocenters. The summed E-state index contributed by atoms with van der Waals surface area (Å²) in [5.74, 6) is -0.367. The Bertz CT molecular complexity index is 807. The van der Waals surface area contributed by atoms with Gasteiger partial charge in [-0.2, -0.15) is 0 Å². The molecular weight excluding hydrogens is 463 g/mol. The first-order chi connectivity index (χ1) is 16.6. The number of carbonyl (C=O) groups is 1. The average molecular weight is 505 g/mol. The summed E-state index contributed by atoms with van der Waals surface area (Å²) < 4.78 is 48.6. The monoisotopic (exact) mass is 504 g/mol. The van der Waals surface area contributed by atoms with E-state index in [1.807, 2.05) is 0 Å². The van der Waals surface area contributed by atoms with Crippen molar-refractivity contribution in [3.05, 3.63) is 23.5 Å². The quantitative estimate of drug-likeness (QED) is 0.519. The first-order valence-electron chi connectivity index (χ1n) is 12.6. The van der Waals surface area contributed by atoms with E-state index in [9.17, 15) is 18.0 Å². The maximum absolute atomic E-state index is 13.2. The number of rotatable bonds is 9. The largest absolute Gasteiger partial charge is 0.573 e. The molecule has 1 aliphatic heterocycles. The third-order valence-electron chi connectivity index (χ3n) is 6.34. The van der Waals surface area contributed by atoms with E-state index in [0.717, 1.165) is 37.8 Å². The zero-order valence-electron chi connectivity index (χ0n) is 21.6. The summed E-state index contributed by atoms with van der Waals surface area (Å²) in [4.78, 5) is 20.1. The van der Waals surface area contributed by atoms with Crippen LogP contribution in [0.2, 0.25) is 0 Å². The summed E-state index contributed by atoms with van der Waals surface area (Å²) in [5, 5.41) is 3.65. The molecule has 0 aromatic carbocycles. The molecule has 2 heterocycles. The van der Waals surface area contributed by atoms with Crippen molar-refractivity contribution in [2.75, 3.05) is 27.4 Å². The van der Waals surface area contributed by atoms with E-state index < -0.39 is 6.36 Å². The van der Waals surface area contributed by atoms with Crippen LogP contribution in [0.5, 0.6) is 5.75 Å². The number of hydrogen-bond acceptors (Lipinski definition) is 5. The summed E-state index contributed by atoms with van der Waals surface area (Å²) >= 11 is 0. The summed E-state index contributed by atoms with van der Waals surface area (Å²) in [6, 6.07) is 2.01. The predicted octanol–water partition coefficient (Wildman–Crippen LogP) is 3.81. The lowest BCUT2D eigenvalue weighted by Gasteiger charge is -2.29. The fourth-order valence-electron chi connectivity index (χ4n) is 4.72. The number of nitrogens with one attached hydrogen (secondary N) is 1. The molecule has 0 spiro atoms. The smallest absolute Gasteiger partial charge is 0.399 e. The standard InChI is InChI=1S/C22H33F3N3O4.C3H8/c1-4-17(8-10-30-2)26-18-6-5-15(11-18)21(29)27-9-7-20-16(13-27)12-19(14-28(20)31-3)32-22(23,24)25;1-3-2/h12,14-15,17-18,26H,4-11,13H2,1-3H3;3H2,1-2H3/q+1;. The summed E-state index contributed by atoms with van der Waals surface area (Å²) in [6.07, 6.45) is 2.61. The Balaban J connectivity index is 0.00000137. The number of fused-ring (bicyclic) bond motifs is 1. The number of methoxy groups -OCH3 is 1. The molecule has 1 fully saturated rings. The van der Waals surface area contributed by atoms with Gasteiger partial charge >= 0.3 is 6.36 Å². The molecule has 1 saturated carbocycles. The molecule has 35 heavy (non-hydrogen) atoms. The van der Waals surface area contributed by atoms with E-state index in [1.54, 1.807) is 12.0 Å². The molecule has 1 amide bonds. The van der Waals surface area contributed by atoms with Crippen LogP contribution in [0.15, 0.2) is 12.3 Å². The highest BCUT2D eigenvalue weighted by atomic mass is 19.4. The fourth-order valence-corrected chi connectivity index (χ4v) is 4.72. The van der Waals surface area contributed by atoms with Crippen molar-refractivity contribution >= 4 is 5.91 Å². The van der Waals surface area contributed by atoms with Gasteiger partial charge in [-0.05, 0) is 38.2 Å². The Kier molecular flexibility index (Phi) is 11.6. The number of pyridine rings is 1. The highest BCUT2D eigenvalue weighted by Crippen LogP contribution is 2.31. The Morgan fingerprint density at radius 1 is 1.26 bits per heavy atom. The van der Waals surface area contributed by atoms with Gasteiger partial charge in [0.1, 0.15) is 7.11 Å². The molecule has 1 N–H and O–H groups in total. The topological polar surface area (TPSA) is 63.9 Å². The number of hydrogen-bond donors (Lipinski definition) is 1. The minimum atomic E-state index is -4.80. The third kappa shape index (κ3) is 8.83. The zero-order chi connectivity index (χ0) is 26.0. The first kappa shape index (κ1) is 29.2. The van der Waals surface area contributed by atoms with Gasteiger partial charge in [0.05, 0.1) is 13.0 Å². The highest BCUT2D eigenvalue weighted by Gasteiger charge is 2.38. The molecule has 1 aromatic heterocycles. The molecule has 2 aliphatic rings. The SMILES string of the molecule is CCC.CCC(CCOC)NC1CCC(C(=O)N2CCc3c(cc(OC(F)(F)F)c[n+]3OC)C2)C1. The molecule has 0 saturated heterocycles. The number of carbonyl (C=O) groups excluding carboxylic acids is 1. The van der Waals surface area contributed by atoms with Crippen LogP contribution in [0.25, 0.3) is 0 Å². The van der Waals surface area contributed by atoms with Crippen molar-refractivity contribution < 1.29 is 37.0 Å². The second-order valence-corrected chi connectivity index (χ2v) is 9.18. The van der Waals surface area contributed by atoms with Gasteiger partial charge < -0.3 is 19.7 Å². The van der Waals surface area contributed by atoms with Gasteiger partial charge in [-0.1, -0.05) is 27.2 Å². The van der Waals surface area contributed by atoms with Crippen LogP contribution < -0.4 is 19.6 Å². The lowest BCUT2D eigenvalue weighted by Crippen LogP contribution is -2.50. The average Bonchev–Trinajstić information content (AvgIpc) is 3.28. The van der Waals surface area contributed by atoms with E-state index in [2.05, 4.69) is 30.8 Å². The van der Waals surface area contributed by atoms with Crippen LogP contribution >= 0.6 is 0 Å². The summed E-state index contributed by atoms with van der Waals surface area (Å²) in [5.41, 5.74) is 1.35.